The molecule has 3 aromatic heterocycles. The van der Waals surface area contributed by atoms with Gasteiger partial charge in [0.05, 0.1) is 5.39 Å². The molecule has 3 heterocycles. The number of fused-ring (bicyclic) bond motifs is 5. The van der Waals surface area contributed by atoms with E-state index < -0.39 is 0 Å². The van der Waals surface area contributed by atoms with Gasteiger partial charge in [0.15, 0.2) is 0 Å². The average molecular weight is 351 g/mol. The predicted octanol–water partition coefficient (Wildman–Crippen LogP) is 4.57. The minimum atomic E-state index is 0.298. The molecule has 136 valence electrons. The van der Waals surface area contributed by atoms with Crippen molar-refractivity contribution in [3.05, 3.63) is 23.3 Å². The first-order chi connectivity index (χ1) is 12.6. The van der Waals surface area contributed by atoms with Gasteiger partial charge in [-0.1, -0.05) is 12.1 Å². The van der Waals surface area contributed by atoms with Gasteiger partial charge in [0.25, 0.3) is 0 Å². The fraction of sp³-hybridized carbons (Fsp3) is 0.550. The normalized spacial score (nSPS) is 19.6. The lowest BCUT2D eigenvalue weighted by atomic mass is 9.90. The van der Waals surface area contributed by atoms with Crippen molar-refractivity contribution in [3.63, 3.8) is 0 Å². The van der Waals surface area contributed by atoms with E-state index in [9.17, 15) is 0 Å². The summed E-state index contributed by atoms with van der Waals surface area (Å²) in [6, 6.07) is 0.298. The number of hydrogen-bond donors (Lipinski definition) is 1. The molecule has 3 aromatic rings. The first-order valence-electron chi connectivity index (χ1n) is 9.74. The SMILES string of the molecule is CCC1CCc2c(c3c(N)ncnc3n2C(C)C)-c2noc(C3CC3)c21. The quantitative estimate of drug-likeness (QED) is 0.747. The van der Waals surface area contributed by atoms with Crippen molar-refractivity contribution in [1.82, 2.24) is 19.7 Å². The number of hydrogen-bond acceptors (Lipinski definition) is 5. The molecule has 1 atom stereocenters. The van der Waals surface area contributed by atoms with Crippen LogP contribution in [0, 0.1) is 0 Å². The Balaban J connectivity index is 1.88. The van der Waals surface area contributed by atoms with Crippen LogP contribution in [0.1, 0.15) is 81.3 Å². The van der Waals surface area contributed by atoms with E-state index in [1.54, 1.807) is 6.33 Å². The summed E-state index contributed by atoms with van der Waals surface area (Å²) in [6.07, 6.45) is 7.19. The van der Waals surface area contributed by atoms with Crippen molar-refractivity contribution in [3.8, 4) is 11.3 Å². The van der Waals surface area contributed by atoms with Gasteiger partial charge in [-0.3, -0.25) is 0 Å². The zero-order valence-electron chi connectivity index (χ0n) is 15.6. The maximum atomic E-state index is 6.33. The summed E-state index contributed by atoms with van der Waals surface area (Å²) in [7, 11) is 0. The van der Waals surface area contributed by atoms with Gasteiger partial charge in [-0.05, 0) is 51.9 Å². The fourth-order valence-electron chi connectivity index (χ4n) is 4.65. The number of nitrogens with two attached hydrogens (primary N) is 1. The molecule has 0 bridgehead atoms. The Hall–Kier alpha value is -2.37. The van der Waals surface area contributed by atoms with E-state index in [1.165, 1.54) is 24.1 Å². The van der Waals surface area contributed by atoms with Gasteiger partial charge in [0.2, 0.25) is 0 Å². The maximum Gasteiger partial charge on any atom is 0.146 e. The Morgan fingerprint density at radius 1 is 1.27 bits per heavy atom. The number of nitrogens with zero attached hydrogens (tertiary/aromatic N) is 4. The van der Waals surface area contributed by atoms with Crippen molar-refractivity contribution in [2.75, 3.05) is 5.73 Å². The van der Waals surface area contributed by atoms with Crippen LogP contribution in [0.3, 0.4) is 0 Å². The highest BCUT2D eigenvalue weighted by atomic mass is 16.5. The first-order valence-corrected chi connectivity index (χ1v) is 9.74. The zero-order valence-corrected chi connectivity index (χ0v) is 15.6. The van der Waals surface area contributed by atoms with Gasteiger partial charge < -0.3 is 14.8 Å². The van der Waals surface area contributed by atoms with Gasteiger partial charge in [0.1, 0.15) is 29.2 Å². The molecule has 0 aliphatic heterocycles. The van der Waals surface area contributed by atoms with Crippen LogP contribution in [-0.4, -0.2) is 19.7 Å². The molecular formula is C20H25N5O. The summed E-state index contributed by atoms with van der Waals surface area (Å²) in [5, 5.41) is 5.52. The molecule has 6 nitrogen and oxygen atoms in total. The van der Waals surface area contributed by atoms with Crippen LogP contribution in [-0.2, 0) is 6.42 Å². The van der Waals surface area contributed by atoms with Crippen LogP contribution in [0.4, 0.5) is 5.82 Å². The Bertz CT molecular complexity index is 995. The Kier molecular flexibility index (Phi) is 3.39. The lowest BCUT2D eigenvalue weighted by Crippen LogP contribution is -2.08. The highest BCUT2D eigenvalue weighted by molar-refractivity contribution is 6.02. The first kappa shape index (κ1) is 15.9. The molecule has 2 aliphatic rings. The van der Waals surface area contributed by atoms with Crippen LogP contribution in [0.2, 0.25) is 0 Å². The summed E-state index contributed by atoms with van der Waals surface area (Å²) < 4.78 is 8.22. The highest BCUT2D eigenvalue weighted by Gasteiger charge is 2.38. The molecule has 6 heteroatoms. The fourth-order valence-corrected chi connectivity index (χ4v) is 4.65. The molecule has 0 radical (unpaired) electrons. The van der Waals surface area contributed by atoms with Crippen molar-refractivity contribution in [2.24, 2.45) is 0 Å². The second-order valence-corrected chi connectivity index (χ2v) is 7.97. The van der Waals surface area contributed by atoms with Crippen molar-refractivity contribution in [2.45, 2.75) is 70.8 Å². The van der Waals surface area contributed by atoms with E-state index in [0.717, 1.165) is 47.3 Å². The second kappa shape index (κ2) is 5.56. The lowest BCUT2D eigenvalue weighted by Gasteiger charge is -2.16. The topological polar surface area (TPSA) is 82.8 Å². The monoisotopic (exact) mass is 351 g/mol. The summed E-state index contributed by atoms with van der Waals surface area (Å²) in [6.45, 7) is 6.65. The maximum absolute atomic E-state index is 6.33. The van der Waals surface area contributed by atoms with E-state index in [4.69, 9.17) is 10.3 Å². The molecule has 5 rings (SSSR count). The van der Waals surface area contributed by atoms with Crippen molar-refractivity contribution in [1.29, 1.82) is 0 Å². The molecular weight excluding hydrogens is 326 g/mol. The second-order valence-electron chi connectivity index (χ2n) is 7.97. The largest absolute Gasteiger partial charge is 0.383 e. The van der Waals surface area contributed by atoms with Gasteiger partial charge in [0, 0.05) is 28.8 Å². The molecule has 2 N–H and O–H groups in total. The van der Waals surface area contributed by atoms with Gasteiger partial charge in [-0.25, -0.2) is 9.97 Å². The predicted molar refractivity (Wildman–Crippen MR) is 101 cm³/mol. The van der Waals surface area contributed by atoms with Crippen molar-refractivity contribution < 1.29 is 4.52 Å². The number of rotatable bonds is 3. The molecule has 0 aromatic carbocycles. The van der Waals surface area contributed by atoms with Crippen LogP contribution >= 0.6 is 0 Å². The van der Waals surface area contributed by atoms with Crippen LogP contribution in [0.5, 0.6) is 0 Å². The summed E-state index contributed by atoms with van der Waals surface area (Å²) in [5.41, 5.74) is 11.9. The minimum Gasteiger partial charge on any atom is -0.383 e. The molecule has 1 fully saturated rings. The van der Waals surface area contributed by atoms with Crippen LogP contribution in [0.25, 0.3) is 22.3 Å². The molecule has 2 aliphatic carbocycles. The highest BCUT2D eigenvalue weighted by Crippen LogP contribution is 2.51. The summed E-state index contributed by atoms with van der Waals surface area (Å²) >= 11 is 0. The average Bonchev–Trinajstić information content (AvgIpc) is 3.31. The Morgan fingerprint density at radius 2 is 2.08 bits per heavy atom. The van der Waals surface area contributed by atoms with Gasteiger partial charge in [-0.2, -0.15) is 0 Å². The lowest BCUT2D eigenvalue weighted by molar-refractivity contribution is 0.381. The molecule has 1 saturated carbocycles. The van der Waals surface area contributed by atoms with Crippen LogP contribution in [0.15, 0.2) is 10.9 Å². The number of anilines is 1. The molecule has 0 saturated heterocycles. The molecule has 1 unspecified atom stereocenters. The molecule has 26 heavy (non-hydrogen) atoms. The smallest absolute Gasteiger partial charge is 0.146 e. The number of nitrogen functional groups attached to an aromatic ring is 1. The molecule has 0 spiro atoms. The van der Waals surface area contributed by atoms with E-state index in [1.807, 2.05) is 0 Å². The zero-order chi connectivity index (χ0) is 18.0. The summed E-state index contributed by atoms with van der Waals surface area (Å²) in [4.78, 5) is 8.86. The van der Waals surface area contributed by atoms with E-state index in [-0.39, 0.29) is 0 Å². The van der Waals surface area contributed by atoms with Crippen LogP contribution < -0.4 is 5.73 Å². The number of aromatic nitrogens is 4. The summed E-state index contributed by atoms with van der Waals surface area (Å²) in [5.74, 6) is 2.68. The van der Waals surface area contributed by atoms with Gasteiger partial charge >= 0.3 is 0 Å². The third kappa shape index (κ3) is 2.07. The van der Waals surface area contributed by atoms with Gasteiger partial charge in [-0.15, -0.1) is 0 Å². The third-order valence-corrected chi connectivity index (χ3v) is 6.00. The van der Waals surface area contributed by atoms with Crippen molar-refractivity contribution >= 4 is 16.9 Å². The Labute approximate surface area is 152 Å². The third-order valence-electron chi connectivity index (χ3n) is 6.00. The molecule has 0 amide bonds. The Morgan fingerprint density at radius 3 is 2.77 bits per heavy atom. The standard InChI is InChI=1S/C20H25N5O/c1-4-11-7-8-13-15(17-14(11)18(26-24-17)12-5-6-12)16-19(21)22-9-23-20(16)25(13)10(2)3/h9-12H,4-8H2,1-3H3,(H2,21,22,23). The van der Waals surface area contributed by atoms with E-state index in [0.29, 0.717) is 23.7 Å². The minimum absolute atomic E-state index is 0.298. The van der Waals surface area contributed by atoms with E-state index in [2.05, 4.69) is 40.5 Å². The van der Waals surface area contributed by atoms with E-state index >= 15 is 0 Å².